The van der Waals surface area contributed by atoms with Crippen LogP contribution in [-0.2, 0) is 4.79 Å². The van der Waals surface area contributed by atoms with Crippen LogP contribution >= 0.6 is 0 Å². The highest BCUT2D eigenvalue weighted by Gasteiger charge is 2.30. The van der Waals surface area contributed by atoms with Crippen LogP contribution in [0.2, 0.25) is 0 Å². The molecule has 0 aliphatic carbocycles. The van der Waals surface area contributed by atoms with E-state index in [1.807, 2.05) is 30.3 Å². The number of rotatable bonds is 5. The summed E-state index contributed by atoms with van der Waals surface area (Å²) in [4.78, 5) is 27.5. The van der Waals surface area contributed by atoms with Gasteiger partial charge in [-0.05, 0) is 38.1 Å². The van der Waals surface area contributed by atoms with Gasteiger partial charge in [-0.3, -0.25) is 14.5 Å². The molecule has 1 N–H and O–H groups in total. The lowest BCUT2D eigenvalue weighted by molar-refractivity contribution is -0.120. The monoisotopic (exact) mass is 322 g/mol. The topological polar surface area (TPSA) is 49.4 Å². The zero-order chi connectivity index (χ0) is 16.9. The van der Waals surface area contributed by atoms with E-state index in [0.717, 1.165) is 25.9 Å². The molecule has 2 aromatic rings. The van der Waals surface area contributed by atoms with Gasteiger partial charge in [0.15, 0.2) is 5.78 Å². The van der Waals surface area contributed by atoms with Crippen LogP contribution in [-0.4, -0.2) is 35.7 Å². The predicted molar refractivity (Wildman–Crippen MR) is 95.2 cm³/mol. The number of para-hydroxylation sites is 1. The number of carbonyl (C=O) groups is 2. The average molecular weight is 322 g/mol. The van der Waals surface area contributed by atoms with Crippen LogP contribution in [0.5, 0.6) is 0 Å². The van der Waals surface area contributed by atoms with Gasteiger partial charge in [0.25, 0.3) is 0 Å². The number of hydrogen-bond donors (Lipinski definition) is 1. The Kier molecular flexibility index (Phi) is 5.06. The van der Waals surface area contributed by atoms with Gasteiger partial charge in [0.1, 0.15) is 0 Å². The molecule has 0 bridgehead atoms. The number of benzene rings is 2. The first kappa shape index (κ1) is 16.4. The van der Waals surface area contributed by atoms with E-state index in [0.29, 0.717) is 16.8 Å². The first-order chi connectivity index (χ1) is 11.7. The maximum atomic E-state index is 12.7. The van der Waals surface area contributed by atoms with E-state index < -0.39 is 0 Å². The minimum absolute atomic E-state index is 0.0253. The highest BCUT2D eigenvalue weighted by Crippen LogP contribution is 2.22. The average Bonchev–Trinajstić information content (AvgIpc) is 3.11. The fourth-order valence-electron chi connectivity index (χ4n) is 3.25. The van der Waals surface area contributed by atoms with E-state index in [2.05, 4.69) is 17.1 Å². The molecular formula is C20H22N2O2. The summed E-state index contributed by atoms with van der Waals surface area (Å²) in [5.74, 6) is -0.104. The van der Waals surface area contributed by atoms with Crippen molar-refractivity contribution in [2.24, 2.45) is 0 Å². The Morgan fingerprint density at radius 2 is 1.79 bits per heavy atom. The van der Waals surface area contributed by atoms with Crippen LogP contribution in [0.1, 0.15) is 35.7 Å². The highest BCUT2D eigenvalue weighted by molar-refractivity contribution is 6.14. The normalized spacial score (nSPS) is 17.6. The summed E-state index contributed by atoms with van der Waals surface area (Å²) in [5, 5.41) is 2.97. The summed E-state index contributed by atoms with van der Waals surface area (Å²) in [6, 6.07) is 16.2. The lowest BCUT2D eigenvalue weighted by Crippen LogP contribution is -2.39. The molecule has 0 unspecified atom stereocenters. The minimum Gasteiger partial charge on any atom is -0.324 e. The summed E-state index contributed by atoms with van der Waals surface area (Å²) in [7, 11) is 0. The Balaban J connectivity index is 1.82. The summed E-state index contributed by atoms with van der Waals surface area (Å²) in [6.07, 6.45) is 1.91. The molecule has 1 aliphatic heterocycles. The van der Waals surface area contributed by atoms with Gasteiger partial charge < -0.3 is 5.32 Å². The van der Waals surface area contributed by atoms with Crippen LogP contribution < -0.4 is 5.32 Å². The van der Waals surface area contributed by atoms with Gasteiger partial charge in [0, 0.05) is 11.1 Å². The number of amides is 1. The third-order valence-corrected chi connectivity index (χ3v) is 4.54. The summed E-state index contributed by atoms with van der Waals surface area (Å²) < 4.78 is 0. The minimum atomic E-state index is -0.102. The number of anilines is 1. The summed E-state index contributed by atoms with van der Waals surface area (Å²) in [6.45, 7) is 3.89. The molecule has 0 spiro atoms. The molecule has 4 nitrogen and oxygen atoms in total. The van der Waals surface area contributed by atoms with Gasteiger partial charge in [0.2, 0.25) is 5.91 Å². The molecule has 124 valence electrons. The Morgan fingerprint density at radius 3 is 2.54 bits per heavy atom. The standard InChI is InChI=1S/C20H22N2O2/c1-2-22-14-8-13-18(22)20(24)21-17-12-7-6-11-16(17)19(23)15-9-4-3-5-10-15/h3-7,9-12,18H,2,8,13-14H2,1H3,(H,21,24)/t18-/m0/s1. The Bertz CT molecular complexity index is 727. The van der Waals surface area contributed by atoms with Gasteiger partial charge in [0.05, 0.1) is 11.7 Å². The van der Waals surface area contributed by atoms with Gasteiger partial charge in [-0.1, -0.05) is 49.4 Å². The Hall–Kier alpha value is -2.46. The molecule has 2 aromatic carbocycles. The first-order valence-electron chi connectivity index (χ1n) is 8.44. The summed E-state index contributed by atoms with van der Waals surface area (Å²) in [5.41, 5.74) is 1.73. The van der Waals surface area contributed by atoms with Crippen molar-refractivity contribution >= 4 is 17.4 Å². The molecule has 0 aromatic heterocycles. The van der Waals surface area contributed by atoms with Crippen molar-refractivity contribution in [1.29, 1.82) is 0 Å². The molecule has 1 amide bonds. The van der Waals surface area contributed by atoms with E-state index in [1.54, 1.807) is 24.3 Å². The van der Waals surface area contributed by atoms with Crippen molar-refractivity contribution in [3.05, 3.63) is 65.7 Å². The van der Waals surface area contributed by atoms with Crippen molar-refractivity contribution in [2.45, 2.75) is 25.8 Å². The van der Waals surface area contributed by atoms with Crippen molar-refractivity contribution < 1.29 is 9.59 Å². The maximum Gasteiger partial charge on any atom is 0.241 e. The lowest BCUT2D eigenvalue weighted by atomic mass is 10.0. The number of carbonyl (C=O) groups excluding carboxylic acids is 2. The molecule has 1 saturated heterocycles. The van der Waals surface area contributed by atoms with Crippen LogP contribution in [0.15, 0.2) is 54.6 Å². The largest absolute Gasteiger partial charge is 0.324 e. The smallest absolute Gasteiger partial charge is 0.241 e. The van der Waals surface area contributed by atoms with Crippen LogP contribution in [0, 0.1) is 0 Å². The van der Waals surface area contributed by atoms with Gasteiger partial charge in [-0.2, -0.15) is 0 Å². The molecule has 4 heteroatoms. The van der Waals surface area contributed by atoms with Gasteiger partial charge >= 0.3 is 0 Å². The number of likely N-dealkylation sites (N-methyl/N-ethyl adjacent to an activating group) is 1. The zero-order valence-corrected chi connectivity index (χ0v) is 13.9. The predicted octanol–water partition coefficient (Wildman–Crippen LogP) is 3.34. The number of nitrogens with one attached hydrogen (secondary N) is 1. The number of nitrogens with zero attached hydrogens (tertiary/aromatic N) is 1. The van der Waals surface area contributed by atoms with E-state index >= 15 is 0 Å². The van der Waals surface area contributed by atoms with E-state index in [1.165, 1.54) is 0 Å². The molecule has 0 saturated carbocycles. The third kappa shape index (κ3) is 3.39. The molecule has 1 fully saturated rings. The van der Waals surface area contributed by atoms with E-state index in [-0.39, 0.29) is 17.7 Å². The highest BCUT2D eigenvalue weighted by atomic mass is 16.2. The van der Waals surface area contributed by atoms with Gasteiger partial charge in [-0.15, -0.1) is 0 Å². The molecule has 1 aliphatic rings. The van der Waals surface area contributed by atoms with Crippen LogP contribution in [0.3, 0.4) is 0 Å². The van der Waals surface area contributed by atoms with Crippen LogP contribution in [0.25, 0.3) is 0 Å². The number of ketones is 1. The lowest BCUT2D eigenvalue weighted by Gasteiger charge is -2.22. The molecular weight excluding hydrogens is 300 g/mol. The molecule has 3 rings (SSSR count). The molecule has 1 atom stereocenters. The third-order valence-electron chi connectivity index (χ3n) is 4.54. The first-order valence-corrected chi connectivity index (χ1v) is 8.44. The molecule has 24 heavy (non-hydrogen) atoms. The fraction of sp³-hybridized carbons (Fsp3) is 0.300. The van der Waals surface area contributed by atoms with Crippen molar-refractivity contribution in [3.63, 3.8) is 0 Å². The maximum absolute atomic E-state index is 12.7. The summed E-state index contributed by atoms with van der Waals surface area (Å²) >= 11 is 0. The molecule has 1 heterocycles. The Morgan fingerprint density at radius 1 is 1.08 bits per heavy atom. The second-order valence-electron chi connectivity index (χ2n) is 6.02. The van der Waals surface area contributed by atoms with E-state index in [4.69, 9.17) is 0 Å². The van der Waals surface area contributed by atoms with Crippen LogP contribution in [0.4, 0.5) is 5.69 Å². The SMILES string of the molecule is CCN1CCC[C@H]1C(=O)Nc1ccccc1C(=O)c1ccccc1. The fourth-order valence-corrected chi connectivity index (χ4v) is 3.25. The van der Waals surface area contributed by atoms with Gasteiger partial charge in [-0.25, -0.2) is 0 Å². The zero-order valence-electron chi connectivity index (χ0n) is 13.9. The molecule has 0 radical (unpaired) electrons. The Labute approximate surface area is 142 Å². The van der Waals surface area contributed by atoms with E-state index in [9.17, 15) is 9.59 Å². The van der Waals surface area contributed by atoms with Crippen molar-refractivity contribution in [2.75, 3.05) is 18.4 Å². The van der Waals surface area contributed by atoms with Crippen molar-refractivity contribution in [1.82, 2.24) is 4.90 Å². The quantitative estimate of drug-likeness (QED) is 0.859. The second kappa shape index (κ2) is 7.41. The second-order valence-corrected chi connectivity index (χ2v) is 6.02. The number of likely N-dealkylation sites (tertiary alicyclic amines) is 1. The number of hydrogen-bond acceptors (Lipinski definition) is 3. The van der Waals surface area contributed by atoms with Crippen molar-refractivity contribution in [3.8, 4) is 0 Å².